The summed E-state index contributed by atoms with van der Waals surface area (Å²) in [6, 6.07) is 12.9. The van der Waals surface area contributed by atoms with Gasteiger partial charge in [0.25, 0.3) is 0 Å². The summed E-state index contributed by atoms with van der Waals surface area (Å²) in [6.07, 6.45) is 0. The number of fused-ring (bicyclic) bond motifs is 3. The van der Waals surface area contributed by atoms with Gasteiger partial charge in [0, 0.05) is 8.99 Å². The monoisotopic (exact) mass is 330 g/mol. The third kappa shape index (κ3) is 1.57. The van der Waals surface area contributed by atoms with Crippen molar-refractivity contribution in [3.05, 3.63) is 51.1 Å². The maximum Gasteiger partial charge on any atom is 0.113 e. The third-order valence-electron chi connectivity index (χ3n) is 3.66. The predicted octanol–water partition coefficient (Wildman–Crippen LogP) is 3.39. The highest BCUT2D eigenvalue weighted by Gasteiger charge is 2.35. The molecule has 17 heavy (non-hydrogen) atoms. The topological polar surface area (TPSA) is 0 Å². The van der Waals surface area contributed by atoms with Gasteiger partial charge >= 0.3 is 0 Å². The minimum absolute atomic E-state index is 0.0568. The first-order valence-electron chi connectivity index (χ1n) is 5.70. The molecule has 0 saturated carbocycles. The average Bonchev–Trinajstić information content (AvgIpc) is 2.49. The molecule has 3 rings (SSSR count). The quantitative estimate of drug-likeness (QED) is 0.513. The average molecular weight is 330 g/mol. The van der Waals surface area contributed by atoms with Crippen LogP contribution in [-0.4, -0.2) is 7.85 Å². The molecule has 1 aliphatic rings. The third-order valence-corrected chi connectivity index (χ3v) is 4.33. The van der Waals surface area contributed by atoms with Crippen LogP contribution >= 0.6 is 22.6 Å². The molecule has 0 spiro atoms. The van der Waals surface area contributed by atoms with Crippen molar-refractivity contribution in [3.8, 4) is 11.1 Å². The molecule has 0 nitrogen and oxygen atoms in total. The lowest BCUT2D eigenvalue weighted by Gasteiger charge is -2.21. The van der Waals surface area contributed by atoms with E-state index in [0.717, 1.165) is 5.46 Å². The molecule has 0 unspecified atom stereocenters. The molecule has 0 aliphatic heterocycles. The molecule has 2 heteroatoms. The van der Waals surface area contributed by atoms with Crippen molar-refractivity contribution in [2.45, 2.75) is 19.3 Å². The van der Waals surface area contributed by atoms with Crippen molar-refractivity contribution in [1.29, 1.82) is 0 Å². The fourth-order valence-electron chi connectivity index (χ4n) is 2.73. The van der Waals surface area contributed by atoms with Gasteiger partial charge < -0.3 is 0 Å². The van der Waals surface area contributed by atoms with Crippen LogP contribution in [0.1, 0.15) is 25.0 Å². The summed E-state index contributed by atoms with van der Waals surface area (Å²) >= 11 is 2.37. The van der Waals surface area contributed by atoms with Gasteiger partial charge in [-0.3, -0.25) is 0 Å². The Morgan fingerprint density at radius 2 is 1.53 bits per heavy atom. The Hall–Kier alpha value is -0.765. The Bertz CT molecular complexity index is 561. The SMILES string of the molecule is [B]c1ccc2c(c1)C(C)(C)c1cc(I)ccc1-2. The summed E-state index contributed by atoms with van der Waals surface area (Å²) in [5, 5.41) is 0. The van der Waals surface area contributed by atoms with Gasteiger partial charge in [-0.1, -0.05) is 43.6 Å². The molecule has 0 N–H and O–H groups in total. The largest absolute Gasteiger partial charge is 0.113 e. The van der Waals surface area contributed by atoms with Crippen LogP contribution in [0.25, 0.3) is 11.1 Å². The zero-order chi connectivity index (χ0) is 12.2. The smallest absolute Gasteiger partial charge is 0.0963 e. The Kier molecular flexibility index (Phi) is 2.41. The molecular weight excluding hydrogens is 318 g/mol. The van der Waals surface area contributed by atoms with Gasteiger partial charge in [-0.15, -0.1) is 0 Å². The molecule has 2 aromatic carbocycles. The fourth-order valence-corrected chi connectivity index (χ4v) is 3.22. The minimum Gasteiger partial charge on any atom is -0.0963 e. The number of rotatable bonds is 0. The van der Waals surface area contributed by atoms with Crippen molar-refractivity contribution >= 4 is 35.9 Å². The van der Waals surface area contributed by atoms with E-state index < -0.39 is 0 Å². The predicted molar refractivity (Wildman–Crippen MR) is 82.1 cm³/mol. The van der Waals surface area contributed by atoms with Crippen molar-refractivity contribution < 1.29 is 0 Å². The van der Waals surface area contributed by atoms with Gasteiger partial charge in [-0.05, 0) is 57.0 Å². The Labute approximate surface area is 117 Å². The van der Waals surface area contributed by atoms with Crippen LogP contribution in [0.3, 0.4) is 0 Å². The van der Waals surface area contributed by atoms with E-state index in [0.29, 0.717) is 0 Å². The molecule has 0 heterocycles. The molecule has 0 fully saturated rings. The number of halogens is 1. The van der Waals surface area contributed by atoms with Crippen molar-refractivity contribution in [3.63, 3.8) is 0 Å². The van der Waals surface area contributed by atoms with Crippen LogP contribution in [-0.2, 0) is 5.41 Å². The zero-order valence-corrected chi connectivity index (χ0v) is 12.1. The van der Waals surface area contributed by atoms with Gasteiger partial charge in [0.05, 0.1) is 0 Å². The van der Waals surface area contributed by atoms with Gasteiger partial charge in [-0.2, -0.15) is 0 Å². The van der Waals surface area contributed by atoms with Gasteiger partial charge in [0.2, 0.25) is 0 Å². The normalized spacial score (nSPS) is 15.5. The first-order valence-corrected chi connectivity index (χ1v) is 6.78. The summed E-state index contributed by atoms with van der Waals surface area (Å²) in [6.45, 7) is 4.54. The Morgan fingerprint density at radius 1 is 0.941 bits per heavy atom. The summed E-state index contributed by atoms with van der Waals surface area (Å²) in [7, 11) is 5.92. The zero-order valence-electron chi connectivity index (χ0n) is 9.92. The lowest BCUT2D eigenvalue weighted by molar-refractivity contribution is 0.660. The standard InChI is InChI=1S/C15H12BI/c1-15(2)13-7-9(16)3-5-11(13)12-6-4-10(17)8-14(12)15/h3-8H,1-2H3. The molecule has 1 aliphatic carbocycles. The molecule has 0 atom stereocenters. The van der Waals surface area contributed by atoms with Crippen molar-refractivity contribution in [2.75, 3.05) is 0 Å². The van der Waals surface area contributed by atoms with Crippen LogP contribution in [0.15, 0.2) is 36.4 Å². The molecule has 0 aromatic heterocycles. The van der Waals surface area contributed by atoms with Crippen LogP contribution in [0.2, 0.25) is 0 Å². The number of hydrogen-bond donors (Lipinski definition) is 0. The van der Waals surface area contributed by atoms with Gasteiger partial charge in [0.15, 0.2) is 0 Å². The van der Waals surface area contributed by atoms with Gasteiger partial charge in [-0.25, -0.2) is 0 Å². The van der Waals surface area contributed by atoms with E-state index in [9.17, 15) is 0 Å². The second-order valence-corrected chi connectivity index (χ2v) is 6.37. The second kappa shape index (κ2) is 3.61. The molecule has 0 bridgehead atoms. The maximum atomic E-state index is 5.92. The van der Waals surface area contributed by atoms with Crippen LogP contribution in [0, 0.1) is 3.57 Å². The lowest BCUT2D eigenvalue weighted by Crippen LogP contribution is -2.17. The molecule has 0 saturated heterocycles. The highest BCUT2D eigenvalue weighted by molar-refractivity contribution is 14.1. The number of benzene rings is 2. The second-order valence-electron chi connectivity index (χ2n) is 5.12. The molecule has 2 radical (unpaired) electrons. The van der Waals surface area contributed by atoms with E-state index in [4.69, 9.17) is 7.85 Å². The molecule has 2 aromatic rings. The van der Waals surface area contributed by atoms with E-state index in [1.165, 1.54) is 25.8 Å². The van der Waals surface area contributed by atoms with Crippen LogP contribution in [0.4, 0.5) is 0 Å². The summed E-state index contributed by atoms with van der Waals surface area (Å²) in [5.41, 5.74) is 6.33. The van der Waals surface area contributed by atoms with E-state index in [1.807, 2.05) is 6.07 Å². The highest BCUT2D eigenvalue weighted by Crippen LogP contribution is 2.48. The summed E-state index contributed by atoms with van der Waals surface area (Å²) in [5.74, 6) is 0. The molecule has 82 valence electrons. The first-order chi connectivity index (χ1) is 8.00. The van der Waals surface area contributed by atoms with Crippen LogP contribution < -0.4 is 5.46 Å². The fraction of sp³-hybridized carbons (Fsp3) is 0.200. The number of hydrogen-bond acceptors (Lipinski definition) is 0. The van der Waals surface area contributed by atoms with E-state index in [-0.39, 0.29) is 5.41 Å². The van der Waals surface area contributed by atoms with Crippen LogP contribution in [0.5, 0.6) is 0 Å². The van der Waals surface area contributed by atoms with Crippen molar-refractivity contribution in [2.24, 2.45) is 0 Å². The lowest BCUT2D eigenvalue weighted by atomic mass is 9.80. The van der Waals surface area contributed by atoms with E-state index in [1.54, 1.807) is 0 Å². The summed E-state index contributed by atoms with van der Waals surface area (Å²) in [4.78, 5) is 0. The molecule has 0 amide bonds. The summed E-state index contributed by atoms with van der Waals surface area (Å²) < 4.78 is 1.29. The Morgan fingerprint density at radius 3 is 2.24 bits per heavy atom. The Balaban J connectivity index is 2.37. The van der Waals surface area contributed by atoms with E-state index >= 15 is 0 Å². The van der Waals surface area contributed by atoms with E-state index in [2.05, 4.69) is 66.8 Å². The minimum atomic E-state index is 0.0568. The van der Waals surface area contributed by atoms with Gasteiger partial charge in [0.1, 0.15) is 7.85 Å². The van der Waals surface area contributed by atoms with Crippen molar-refractivity contribution in [1.82, 2.24) is 0 Å². The maximum absolute atomic E-state index is 5.92. The first kappa shape index (κ1) is 11.3. The molecular formula is C15H12BI. The highest BCUT2D eigenvalue weighted by atomic mass is 127.